The zero-order valence-electron chi connectivity index (χ0n) is 14.3. The molecular formula is C20H13Cl2NO5. The fraction of sp³-hybridized carbons (Fsp3) is 0.0500. The Balaban J connectivity index is 1.66. The van der Waals surface area contributed by atoms with Crippen LogP contribution in [0, 0.1) is 10.1 Å². The van der Waals surface area contributed by atoms with Gasteiger partial charge in [-0.3, -0.25) is 14.9 Å². The number of halogens is 2. The van der Waals surface area contributed by atoms with Gasteiger partial charge in [0.15, 0.2) is 5.78 Å². The molecule has 0 radical (unpaired) electrons. The van der Waals surface area contributed by atoms with E-state index in [0.717, 1.165) is 0 Å². The van der Waals surface area contributed by atoms with Gasteiger partial charge in [0.1, 0.15) is 23.9 Å². The number of ether oxygens (including phenoxy) is 1. The third-order valence-electron chi connectivity index (χ3n) is 3.71. The summed E-state index contributed by atoms with van der Waals surface area (Å²) in [6.07, 6.45) is 2.67. The van der Waals surface area contributed by atoms with Crippen molar-refractivity contribution in [1.29, 1.82) is 0 Å². The molecule has 0 spiro atoms. The Labute approximate surface area is 170 Å². The minimum atomic E-state index is -0.592. The lowest BCUT2D eigenvalue weighted by molar-refractivity contribution is -0.385. The van der Waals surface area contributed by atoms with Gasteiger partial charge in [-0.15, -0.1) is 0 Å². The van der Waals surface area contributed by atoms with E-state index in [0.29, 0.717) is 27.3 Å². The van der Waals surface area contributed by atoms with Crippen molar-refractivity contribution < 1.29 is 18.9 Å². The average Bonchev–Trinajstić information content (AvgIpc) is 3.13. The molecule has 1 aromatic heterocycles. The van der Waals surface area contributed by atoms with E-state index in [9.17, 15) is 14.9 Å². The second-order valence-electron chi connectivity index (χ2n) is 5.64. The van der Waals surface area contributed by atoms with Crippen molar-refractivity contribution in [3.8, 4) is 5.75 Å². The number of nitro benzene ring substituents is 1. The monoisotopic (exact) mass is 417 g/mol. The topological polar surface area (TPSA) is 82.6 Å². The fourth-order valence-electron chi connectivity index (χ4n) is 2.39. The molecule has 3 rings (SSSR count). The highest BCUT2D eigenvalue weighted by Crippen LogP contribution is 2.28. The van der Waals surface area contributed by atoms with Crippen LogP contribution in [0.15, 0.2) is 65.1 Å². The Morgan fingerprint density at radius 3 is 2.68 bits per heavy atom. The maximum Gasteiger partial charge on any atom is 0.280 e. The number of nitrogens with zero attached hydrogens (tertiary/aromatic N) is 1. The first-order valence-corrected chi connectivity index (χ1v) is 8.82. The van der Waals surface area contributed by atoms with Gasteiger partial charge in [-0.1, -0.05) is 35.3 Å². The van der Waals surface area contributed by atoms with Gasteiger partial charge in [0, 0.05) is 11.1 Å². The number of carbonyl (C=O) groups is 1. The lowest BCUT2D eigenvalue weighted by atomic mass is 10.1. The zero-order chi connectivity index (χ0) is 20.1. The number of carbonyl (C=O) groups excluding carboxylic acids is 1. The van der Waals surface area contributed by atoms with Crippen molar-refractivity contribution in [3.05, 3.63) is 97.9 Å². The summed E-state index contributed by atoms with van der Waals surface area (Å²) in [4.78, 5) is 22.7. The number of ketones is 1. The predicted octanol–water partition coefficient (Wildman–Crippen LogP) is 5.97. The summed E-state index contributed by atoms with van der Waals surface area (Å²) in [5.41, 5.74) is -0.234. The molecular weight excluding hydrogens is 405 g/mol. The van der Waals surface area contributed by atoms with E-state index < -0.39 is 10.7 Å². The summed E-state index contributed by atoms with van der Waals surface area (Å²) in [5.74, 6) is 0.900. The lowest BCUT2D eigenvalue weighted by Gasteiger charge is -2.06. The Morgan fingerprint density at radius 1 is 1.14 bits per heavy atom. The second kappa shape index (κ2) is 8.73. The van der Waals surface area contributed by atoms with Crippen molar-refractivity contribution in [2.24, 2.45) is 0 Å². The standard InChI is InChI=1S/C20H13Cl2NO5/c21-13-5-10-20(17(22)11-13)27-12-15-7-6-14(28-15)8-9-19(24)16-3-1-2-4-18(16)23(25)26/h1-11H,12H2/b9-8+. The van der Waals surface area contributed by atoms with Crippen molar-refractivity contribution in [1.82, 2.24) is 0 Å². The summed E-state index contributed by atoms with van der Waals surface area (Å²) in [6, 6.07) is 14.0. The molecule has 0 aliphatic heterocycles. The minimum absolute atomic E-state index is 0.0104. The molecule has 6 nitrogen and oxygen atoms in total. The third kappa shape index (κ3) is 4.79. The Hall–Kier alpha value is -3.09. The smallest absolute Gasteiger partial charge is 0.280 e. The molecule has 0 N–H and O–H groups in total. The molecule has 2 aromatic carbocycles. The highest BCUT2D eigenvalue weighted by Gasteiger charge is 2.17. The molecule has 0 aliphatic rings. The quantitative estimate of drug-likeness (QED) is 0.204. The largest absolute Gasteiger partial charge is 0.484 e. The van der Waals surface area contributed by atoms with E-state index in [2.05, 4.69) is 0 Å². The molecule has 0 saturated carbocycles. The number of furan rings is 1. The fourth-order valence-corrected chi connectivity index (χ4v) is 2.85. The number of hydrogen-bond donors (Lipinski definition) is 0. The minimum Gasteiger partial charge on any atom is -0.484 e. The first-order valence-electron chi connectivity index (χ1n) is 8.06. The van der Waals surface area contributed by atoms with E-state index in [1.165, 1.54) is 30.4 Å². The van der Waals surface area contributed by atoms with Crippen LogP contribution in [-0.4, -0.2) is 10.7 Å². The van der Waals surface area contributed by atoms with Crippen LogP contribution in [-0.2, 0) is 6.61 Å². The number of hydrogen-bond acceptors (Lipinski definition) is 5. The molecule has 0 saturated heterocycles. The van der Waals surface area contributed by atoms with Gasteiger partial charge in [0.05, 0.1) is 15.5 Å². The lowest BCUT2D eigenvalue weighted by Crippen LogP contribution is -2.00. The van der Waals surface area contributed by atoms with E-state index in [4.69, 9.17) is 32.4 Å². The summed E-state index contributed by atoms with van der Waals surface area (Å²) in [7, 11) is 0. The van der Waals surface area contributed by atoms with Gasteiger partial charge >= 0.3 is 0 Å². The van der Waals surface area contributed by atoms with Gasteiger partial charge in [-0.25, -0.2) is 0 Å². The van der Waals surface area contributed by atoms with Gasteiger partial charge in [-0.2, -0.15) is 0 Å². The number of rotatable bonds is 7. The van der Waals surface area contributed by atoms with Crippen LogP contribution in [0.1, 0.15) is 21.9 Å². The molecule has 0 amide bonds. The maximum absolute atomic E-state index is 12.2. The summed E-state index contributed by atoms with van der Waals surface area (Å²) >= 11 is 11.9. The molecule has 0 unspecified atom stereocenters. The summed E-state index contributed by atoms with van der Waals surface area (Å²) in [6.45, 7) is 0.132. The number of allylic oxidation sites excluding steroid dienone is 1. The zero-order valence-corrected chi connectivity index (χ0v) is 15.8. The molecule has 3 aromatic rings. The number of para-hydroxylation sites is 1. The van der Waals surface area contributed by atoms with E-state index in [-0.39, 0.29) is 17.9 Å². The van der Waals surface area contributed by atoms with Gasteiger partial charge in [-0.05, 0) is 48.6 Å². The normalized spacial score (nSPS) is 10.9. The van der Waals surface area contributed by atoms with E-state index in [1.807, 2.05) is 0 Å². The molecule has 0 aliphatic carbocycles. The van der Waals surface area contributed by atoms with Gasteiger partial charge < -0.3 is 9.15 Å². The molecule has 1 heterocycles. The van der Waals surface area contributed by atoms with Crippen LogP contribution in [0.3, 0.4) is 0 Å². The highest BCUT2D eigenvalue weighted by atomic mass is 35.5. The van der Waals surface area contributed by atoms with Crippen LogP contribution in [0.2, 0.25) is 10.0 Å². The van der Waals surface area contributed by atoms with Crippen molar-refractivity contribution in [3.63, 3.8) is 0 Å². The van der Waals surface area contributed by atoms with Crippen LogP contribution in [0.25, 0.3) is 6.08 Å². The van der Waals surface area contributed by atoms with Gasteiger partial charge in [0.2, 0.25) is 0 Å². The molecule has 0 fully saturated rings. The average molecular weight is 418 g/mol. The van der Waals surface area contributed by atoms with Crippen molar-refractivity contribution in [2.75, 3.05) is 0 Å². The number of nitro groups is 1. The van der Waals surface area contributed by atoms with Crippen LogP contribution >= 0.6 is 23.2 Å². The Kier molecular flexibility index (Phi) is 6.13. The van der Waals surface area contributed by atoms with E-state index >= 15 is 0 Å². The Bertz CT molecular complexity index is 1060. The van der Waals surface area contributed by atoms with Crippen LogP contribution in [0.4, 0.5) is 5.69 Å². The van der Waals surface area contributed by atoms with Crippen LogP contribution in [0.5, 0.6) is 5.75 Å². The summed E-state index contributed by atoms with van der Waals surface area (Å²) < 4.78 is 11.1. The third-order valence-corrected chi connectivity index (χ3v) is 4.24. The highest BCUT2D eigenvalue weighted by molar-refractivity contribution is 6.35. The van der Waals surface area contributed by atoms with Crippen molar-refractivity contribution >= 4 is 40.7 Å². The van der Waals surface area contributed by atoms with Crippen molar-refractivity contribution in [2.45, 2.75) is 6.61 Å². The Morgan fingerprint density at radius 2 is 1.93 bits per heavy atom. The molecule has 8 heteroatoms. The van der Waals surface area contributed by atoms with Gasteiger partial charge in [0.25, 0.3) is 5.69 Å². The second-order valence-corrected chi connectivity index (χ2v) is 6.48. The summed E-state index contributed by atoms with van der Waals surface area (Å²) in [5, 5.41) is 11.9. The molecule has 0 atom stereocenters. The SMILES string of the molecule is O=C(/C=C/c1ccc(COc2ccc(Cl)cc2Cl)o1)c1ccccc1[N+](=O)[O-]. The number of benzene rings is 2. The molecule has 28 heavy (non-hydrogen) atoms. The van der Waals surface area contributed by atoms with Crippen LogP contribution < -0.4 is 4.74 Å². The first-order chi connectivity index (χ1) is 13.4. The maximum atomic E-state index is 12.2. The molecule has 142 valence electrons. The molecule has 0 bridgehead atoms. The van der Waals surface area contributed by atoms with E-state index in [1.54, 1.807) is 36.4 Å². The predicted molar refractivity (Wildman–Crippen MR) is 106 cm³/mol. The first kappa shape index (κ1) is 19.7.